The maximum absolute atomic E-state index is 13.1. The Hall–Kier alpha value is -2.62. The summed E-state index contributed by atoms with van der Waals surface area (Å²) in [4.78, 5) is 17.4. The third-order valence-electron chi connectivity index (χ3n) is 6.92. The number of ether oxygens (including phenoxy) is 2. The number of benzene rings is 2. The number of piperidine rings is 1. The average Bonchev–Trinajstić information content (AvgIpc) is 3.33. The van der Waals surface area contributed by atoms with Gasteiger partial charge in [0.1, 0.15) is 0 Å². The van der Waals surface area contributed by atoms with Gasteiger partial charge in [-0.25, -0.2) is 12.7 Å². The van der Waals surface area contributed by atoms with Gasteiger partial charge in [0.25, 0.3) is 0 Å². The Labute approximate surface area is 201 Å². The third kappa shape index (κ3) is 5.21. The molecule has 0 bridgehead atoms. The molecule has 0 N–H and O–H groups in total. The number of sulfonamides is 1. The second kappa shape index (κ2) is 9.93. The molecule has 2 aromatic rings. The lowest BCUT2D eigenvalue weighted by atomic mass is 9.96. The van der Waals surface area contributed by atoms with Crippen molar-refractivity contribution >= 4 is 15.9 Å². The maximum atomic E-state index is 13.1. The topological polar surface area (TPSA) is 79.4 Å². The van der Waals surface area contributed by atoms with Crippen LogP contribution in [0.2, 0.25) is 0 Å². The smallest absolute Gasteiger partial charge is 0.231 e. The lowest BCUT2D eigenvalue weighted by Crippen LogP contribution is -2.51. The Bertz CT molecular complexity index is 1110. The SMILES string of the molecule is O=C(C1CCN(S(=O)(=O)Cc2ccccc2)CC1)N1CCN(Cc2ccc3c(c2)OCO3)CC1. The fourth-order valence-electron chi connectivity index (χ4n) is 4.94. The number of piperazine rings is 1. The van der Waals surface area contributed by atoms with Crippen molar-refractivity contribution in [1.29, 1.82) is 0 Å². The molecule has 9 heteroatoms. The highest BCUT2D eigenvalue weighted by atomic mass is 32.2. The van der Waals surface area contributed by atoms with Crippen molar-refractivity contribution in [2.24, 2.45) is 5.92 Å². The molecule has 2 aromatic carbocycles. The molecule has 0 saturated carbocycles. The number of carbonyl (C=O) groups excluding carboxylic acids is 1. The van der Waals surface area contributed by atoms with E-state index in [1.54, 1.807) is 4.31 Å². The van der Waals surface area contributed by atoms with E-state index in [0.717, 1.165) is 36.7 Å². The van der Waals surface area contributed by atoms with Gasteiger partial charge in [0.15, 0.2) is 11.5 Å². The lowest BCUT2D eigenvalue weighted by Gasteiger charge is -2.38. The quantitative estimate of drug-likeness (QED) is 0.625. The maximum Gasteiger partial charge on any atom is 0.231 e. The van der Waals surface area contributed by atoms with Gasteiger partial charge in [0, 0.05) is 51.7 Å². The van der Waals surface area contributed by atoms with Crippen molar-refractivity contribution in [2.75, 3.05) is 46.1 Å². The zero-order chi connectivity index (χ0) is 23.5. The second-order valence-corrected chi connectivity index (χ2v) is 11.2. The molecule has 0 unspecified atom stereocenters. The molecule has 0 aromatic heterocycles. The van der Waals surface area contributed by atoms with Crippen LogP contribution in [-0.4, -0.2) is 74.5 Å². The minimum Gasteiger partial charge on any atom is -0.454 e. The zero-order valence-electron chi connectivity index (χ0n) is 19.3. The molecule has 34 heavy (non-hydrogen) atoms. The van der Waals surface area contributed by atoms with Crippen LogP contribution >= 0.6 is 0 Å². The van der Waals surface area contributed by atoms with Crippen molar-refractivity contribution in [3.05, 3.63) is 59.7 Å². The van der Waals surface area contributed by atoms with Crippen molar-refractivity contribution < 1.29 is 22.7 Å². The van der Waals surface area contributed by atoms with Gasteiger partial charge in [0.05, 0.1) is 5.75 Å². The van der Waals surface area contributed by atoms with Crippen molar-refractivity contribution in [3.8, 4) is 11.5 Å². The summed E-state index contributed by atoms with van der Waals surface area (Å²) >= 11 is 0. The van der Waals surface area contributed by atoms with E-state index in [1.165, 1.54) is 5.56 Å². The Balaban J connectivity index is 1.08. The molecule has 3 aliphatic rings. The molecule has 5 rings (SSSR count). The number of fused-ring (bicyclic) bond motifs is 1. The number of rotatable bonds is 6. The molecule has 8 nitrogen and oxygen atoms in total. The summed E-state index contributed by atoms with van der Waals surface area (Å²) in [5.41, 5.74) is 1.97. The highest BCUT2D eigenvalue weighted by Crippen LogP contribution is 2.33. The highest BCUT2D eigenvalue weighted by Gasteiger charge is 2.34. The molecule has 0 atom stereocenters. The normalized spacial score (nSPS) is 19.9. The van der Waals surface area contributed by atoms with Gasteiger partial charge < -0.3 is 14.4 Å². The summed E-state index contributed by atoms with van der Waals surface area (Å²) in [6.07, 6.45) is 1.18. The monoisotopic (exact) mass is 485 g/mol. The minimum atomic E-state index is -3.37. The fraction of sp³-hybridized carbons (Fsp3) is 0.480. The number of amides is 1. The van der Waals surface area contributed by atoms with Crippen molar-refractivity contribution in [3.63, 3.8) is 0 Å². The molecular formula is C25H31N3O5S. The first kappa shape index (κ1) is 23.1. The fourth-order valence-corrected chi connectivity index (χ4v) is 6.50. The standard InChI is InChI=1S/C25H31N3O5S/c29-25(22-8-10-28(11-9-22)34(30,31)18-20-4-2-1-3-5-20)27-14-12-26(13-15-27)17-21-6-7-23-24(16-21)33-19-32-23/h1-7,16,22H,8-15,17-19H2. The first-order valence-electron chi connectivity index (χ1n) is 11.9. The van der Waals surface area contributed by atoms with E-state index in [-0.39, 0.29) is 24.4 Å². The first-order valence-corrected chi connectivity index (χ1v) is 13.5. The molecular weight excluding hydrogens is 454 g/mol. The van der Waals surface area contributed by atoms with Crippen LogP contribution in [0.4, 0.5) is 0 Å². The molecule has 0 aliphatic carbocycles. The predicted molar refractivity (Wildman–Crippen MR) is 128 cm³/mol. The van der Waals surface area contributed by atoms with Gasteiger partial charge in [-0.1, -0.05) is 36.4 Å². The summed E-state index contributed by atoms with van der Waals surface area (Å²) < 4.78 is 38.0. The van der Waals surface area contributed by atoms with Crippen LogP contribution in [0.15, 0.2) is 48.5 Å². The van der Waals surface area contributed by atoms with Crippen LogP contribution in [0, 0.1) is 5.92 Å². The van der Waals surface area contributed by atoms with Gasteiger partial charge in [-0.05, 0) is 36.1 Å². The molecule has 1 amide bonds. The van der Waals surface area contributed by atoms with E-state index < -0.39 is 10.0 Å². The minimum absolute atomic E-state index is 0.0117. The van der Waals surface area contributed by atoms with Gasteiger partial charge in [-0.2, -0.15) is 0 Å². The van der Waals surface area contributed by atoms with Crippen LogP contribution in [-0.2, 0) is 27.1 Å². The van der Waals surface area contributed by atoms with Crippen LogP contribution < -0.4 is 9.47 Å². The Morgan fingerprint density at radius 3 is 2.29 bits per heavy atom. The van der Waals surface area contributed by atoms with Crippen molar-refractivity contribution in [2.45, 2.75) is 25.1 Å². The number of nitrogens with zero attached hydrogens (tertiary/aromatic N) is 3. The van der Waals surface area contributed by atoms with E-state index in [1.807, 2.05) is 47.4 Å². The van der Waals surface area contributed by atoms with E-state index >= 15 is 0 Å². The van der Waals surface area contributed by atoms with Gasteiger partial charge in [0.2, 0.25) is 22.7 Å². The Morgan fingerprint density at radius 1 is 0.853 bits per heavy atom. The summed E-state index contributed by atoms with van der Waals surface area (Å²) in [5.74, 6) is 1.67. The van der Waals surface area contributed by atoms with Crippen LogP contribution in [0.1, 0.15) is 24.0 Å². The molecule has 0 spiro atoms. The predicted octanol–water partition coefficient (Wildman–Crippen LogP) is 2.30. The molecule has 2 fully saturated rings. The van der Waals surface area contributed by atoms with Gasteiger partial charge >= 0.3 is 0 Å². The summed E-state index contributed by atoms with van der Waals surface area (Å²) in [6.45, 7) is 4.97. The Kier molecular flexibility index (Phi) is 6.76. The second-order valence-electron chi connectivity index (χ2n) is 9.20. The summed E-state index contributed by atoms with van der Waals surface area (Å²) in [7, 11) is -3.37. The highest BCUT2D eigenvalue weighted by molar-refractivity contribution is 7.88. The molecule has 2 saturated heterocycles. The van der Waals surface area contributed by atoms with Crippen molar-refractivity contribution in [1.82, 2.24) is 14.1 Å². The number of carbonyl (C=O) groups is 1. The summed E-state index contributed by atoms with van der Waals surface area (Å²) in [6, 6.07) is 15.3. The van der Waals surface area contributed by atoms with Gasteiger partial charge in [-0.15, -0.1) is 0 Å². The largest absolute Gasteiger partial charge is 0.454 e. The molecule has 182 valence electrons. The van der Waals surface area contributed by atoms with E-state index in [0.29, 0.717) is 39.0 Å². The molecule has 3 aliphatic heterocycles. The number of hydrogen-bond acceptors (Lipinski definition) is 6. The lowest BCUT2D eigenvalue weighted by molar-refractivity contribution is -0.138. The van der Waals surface area contributed by atoms with Crippen LogP contribution in [0.25, 0.3) is 0 Å². The number of hydrogen-bond donors (Lipinski definition) is 0. The van der Waals surface area contributed by atoms with Crippen LogP contribution in [0.5, 0.6) is 11.5 Å². The van der Waals surface area contributed by atoms with Crippen LogP contribution in [0.3, 0.4) is 0 Å². The third-order valence-corrected chi connectivity index (χ3v) is 8.77. The Morgan fingerprint density at radius 2 is 1.56 bits per heavy atom. The zero-order valence-corrected chi connectivity index (χ0v) is 20.1. The van der Waals surface area contributed by atoms with E-state index in [9.17, 15) is 13.2 Å². The molecule has 3 heterocycles. The molecule has 0 radical (unpaired) electrons. The first-order chi connectivity index (χ1) is 16.5. The van der Waals surface area contributed by atoms with E-state index in [4.69, 9.17) is 9.47 Å². The van der Waals surface area contributed by atoms with Gasteiger partial charge in [-0.3, -0.25) is 9.69 Å². The summed E-state index contributed by atoms with van der Waals surface area (Å²) in [5, 5.41) is 0. The average molecular weight is 486 g/mol. The van der Waals surface area contributed by atoms with E-state index in [2.05, 4.69) is 11.0 Å².